The van der Waals surface area contributed by atoms with Gasteiger partial charge in [-0.3, -0.25) is 9.59 Å². The first-order valence-electron chi connectivity index (χ1n) is 6.52. The lowest BCUT2D eigenvalue weighted by Gasteiger charge is -2.17. The third-order valence-corrected chi connectivity index (χ3v) is 3.74. The summed E-state index contributed by atoms with van der Waals surface area (Å²) in [7, 11) is 0. The van der Waals surface area contributed by atoms with Gasteiger partial charge in [-0.25, -0.2) is 0 Å². The van der Waals surface area contributed by atoms with E-state index in [1.807, 2.05) is 0 Å². The molecule has 102 valence electrons. The number of amides is 2. The molecule has 0 aromatic heterocycles. The van der Waals surface area contributed by atoms with Crippen molar-refractivity contribution in [2.24, 2.45) is 23.3 Å². The van der Waals surface area contributed by atoms with Gasteiger partial charge in [-0.2, -0.15) is 0 Å². The Labute approximate surface area is 112 Å². The van der Waals surface area contributed by atoms with Crippen molar-refractivity contribution in [1.29, 1.82) is 0 Å². The molecule has 0 unspecified atom stereocenters. The van der Waals surface area contributed by atoms with Crippen molar-refractivity contribution in [3.05, 3.63) is 29.8 Å². The lowest BCUT2D eigenvalue weighted by atomic mass is 9.95. The van der Waals surface area contributed by atoms with Gasteiger partial charge in [0.15, 0.2) is 0 Å². The van der Waals surface area contributed by atoms with E-state index in [2.05, 4.69) is 5.32 Å². The largest absolute Gasteiger partial charge is 0.366 e. The Kier molecular flexibility index (Phi) is 4.16. The van der Waals surface area contributed by atoms with Crippen LogP contribution in [0, 0.1) is 11.8 Å². The molecule has 0 bridgehead atoms. The molecule has 1 fully saturated rings. The molecule has 5 heteroatoms. The molecule has 0 saturated heterocycles. The van der Waals surface area contributed by atoms with E-state index in [1.165, 1.54) is 0 Å². The molecule has 1 aliphatic rings. The summed E-state index contributed by atoms with van der Waals surface area (Å²) in [5.41, 5.74) is 11.9. The molecule has 2 atom stereocenters. The van der Waals surface area contributed by atoms with Crippen LogP contribution in [0.2, 0.25) is 0 Å². The second kappa shape index (κ2) is 5.84. The van der Waals surface area contributed by atoms with Crippen molar-refractivity contribution in [3.63, 3.8) is 0 Å². The van der Waals surface area contributed by atoms with Gasteiger partial charge in [-0.1, -0.05) is 6.42 Å². The van der Waals surface area contributed by atoms with Gasteiger partial charge in [0.2, 0.25) is 11.8 Å². The quantitative estimate of drug-likeness (QED) is 0.756. The molecule has 5 nitrogen and oxygen atoms in total. The molecular formula is C14H19N3O2. The zero-order valence-electron chi connectivity index (χ0n) is 10.8. The van der Waals surface area contributed by atoms with Crippen molar-refractivity contribution < 1.29 is 9.59 Å². The summed E-state index contributed by atoms with van der Waals surface area (Å²) < 4.78 is 0. The number of nitrogens with one attached hydrogen (secondary N) is 1. The summed E-state index contributed by atoms with van der Waals surface area (Å²) in [6.07, 6.45) is 2.98. The highest BCUT2D eigenvalue weighted by molar-refractivity contribution is 5.95. The van der Waals surface area contributed by atoms with Gasteiger partial charge < -0.3 is 16.8 Å². The topological polar surface area (TPSA) is 98.2 Å². The first-order valence-corrected chi connectivity index (χ1v) is 6.52. The second-order valence-corrected chi connectivity index (χ2v) is 4.96. The van der Waals surface area contributed by atoms with Gasteiger partial charge in [0.25, 0.3) is 0 Å². The van der Waals surface area contributed by atoms with E-state index in [4.69, 9.17) is 11.5 Å². The number of primary amides is 1. The Hall–Kier alpha value is -1.88. The SMILES string of the molecule is NC[C@H]1CCC[C@H]1C(=O)Nc1ccc(C(N)=O)cc1. The molecular weight excluding hydrogens is 242 g/mol. The van der Waals surface area contributed by atoms with Crippen LogP contribution in [0.1, 0.15) is 29.6 Å². The van der Waals surface area contributed by atoms with Crippen LogP contribution in [0.15, 0.2) is 24.3 Å². The number of benzene rings is 1. The summed E-state index contributed by atoms with van der Waals surface area (Å²) in [4.78, 5) is 23.1. The molecule has 1 aliphatic carbocycles. The van der Waals surface area contributed by atoms with E-state index in [0.29, 0.717) is 17.8 Å². The molecule has 2 rings (SSSR count). The van der Waals surface area contributed by atoms with Gasteiger partial charge in [-0.05, 0) is 49.6 Å². The number of carbonyl (C=O) groups is 2. The van der Waals surface area contributed by atoms with E-state index in [1.54, 1.807) is 24.3 Å². The van der Waals surface area contributed by atoms with Crippen molar-refractivity contribution in [2.45, 2.75) is 19.3 Å². The zero-order valence-corrected chi connectivity index (χ0v) is 10.8. The van der Waals surface area contributed by atoms with Crippen molar-refractivity contribution in [1.82, 2.24) is 0 Å². The lowest BCUT2D eigenvalue weighted by Crippen LogP contribution is -2.29. The number of nitrogens with two attached hydrogens (primary N) is 2. The minimum Gasteiger partial charge on any atom is -0.366 e. The first-order chi connectivity index (χ1) is 9.11. The third-order valence-electron chi connectivity index (χ3n) is 3.74. The lowest BCUT2D eigenvalue weighted by molar-refractivity contribution is -0.120. The summed E-state index contributed by atoms with van der Waals surface area (Å²) in [5, 5.41) is 2.87. The maximum atomic E-state index is 12.1. The number of carbonyl (C=O) groups excluding carboxylic acids is 2. The molecule has 1 aromatic rings. The average Bonchev–Trinajstić information content (AvgIpc) is 2.87. The van der Waals surface area contributed by atoms with Crippen LogP contribution in [-0.2, 0) is 4.79 Å². The van der Waals surface area contributed by atoms with E-state index in [-0.39, 0.29) is 17.7 Å². The van der Waals surface area contributed by atoms with Crippen LogP contribution in [0.25, 0.3) is 0 Å². The molecule has 0 radical (unpaired) electrons. The molecule has 0 heterocycles. The fraction of sp³-hybridized carbons (Fsp3) is 0.429. The zero-order chi connectivity index (χ0) is 13.8. The van der Waals surface area contributed by atoms with Crippen LogP contribution in [0.3, 0.4) is 0 Å². The van der Waals surface area contributed by atoms with Gasteiger partial charge >= 0.3 is 0 Å². The van der Waals surface area contributed by atoms with E-state index in [0.717, 1.165) is 19.3 Å². The summed E-state index contributed by atoms with van der Waals surface area (Å²) in [6.45, 7) is 0.554. The fourth-order valence-corrected chi connectivity index (χ4v) is 2.62. The number of rotatable bonds is 4. The van der Waals surface area contributed by atoms with E-state index < -0.39 is 5.91 Å². The monoisotopic (exact) mass is 261 g/mol. The van der Waals surface area contributed by atoms with Crippen molar-refractivity contribution >= 4 is 17.5 Å². The Balaban J connectivity index is 2.00. The highest BCUT2D eigenvalue weighted by atomic mass is 16.2. The van der Waals surface area contributed by atoms with Crippen LogP contribution >= 0.6 is 0 Å². The van der Waals surface area contributed by atoms with Crippen LogP contribution in [-0.4, -0.2) is 18.4 Å². The average molecular weight is 261 g/mol. The molecule has 0 aliphatic heterocycles. The minimum absolute atomic E-state index is 0.000756. The molecule has 5 N–H and O–H groups in total. The van der Waals surface area contributed by atoms with Gasteiger partial charge in [0, 0.05) is 17.2 Å². The number of hydrogen-bond donors (Lipinski definition) is 3. The standard InChI is InChI=1S/C14H19N3O2/c15-8-10-2-1-3-12(10)14(19)17-11-6-4-9(5-7-11)13(16)18/h4-7,10,12H,1-3,8,15H2,(H2,16,18)(H,17,19)/t10-,12-/m1/s1. The molecule has 1 saturated carbocycles. The molecule has 2 amide bonds. The molecule has 1 aromatic carbocycles. The number of hydrogen-bond acceptors (Lipinski definition) is 3. The highest BCUT2D eigenvalue weighted by Crippen LogP contribution is 2.31. The third kappa shape index (κ3) is 3.12. The Morgan fingerprint density at radius 2 is 1.89 bits per heavy atom. The first kappa shape index (κ1) is 13.5. The second-order valence-electron chi connectivity index (χ2n) is 4.96. The summed E-state index contributed by atoms with van der Waals surface area (Å²) in [6, 6.07) is 6.58. The minimum atomic E-state index is -0.475. The van der Waals surface area contributed by atoms with Gasteiger partial charge in [0.05, 0.1) is 0 Å². The predicted octanol–water partition coefficient (Wildman–Crippen LogP) is 1.10. The van der Waals surface area contributed by atoms with Gasteiger partial charge in [0.1, 0.15) is 0 Å². The van der Waals surface area contributed by atoms with E-state index >= 15 is 0 Å². The number of anilines is 1. The maximum absolute atomic E-state index is 12.1. The predicted molar refractivity (Wildman–Crippen MR) is 73.5 cm³/mol. The van der Waals surface area contributed by atoms with Crippen molar-refractivity contribution in [2.75, 3.05) is 11.9 Å². The van der Waals surface area contributed by atoms with Gasteiger partial charge in [-0.15, -0.1) is 0 Å². The Bertz CT molecular complexity index is 470. The summed E-state index contributed by atoms with van der Waals surface area (Å²) >= 11 is 0. The van der Waals surface area contributed by atoms with Crippen LogP contribution in [0.5, 0.6) is 0 Å². The molecule has 0 spiro atoms. The molecule has 19 heavy (non-hydrogen) atoms. The smallest absolute Gasteiger partial charge is 0.248 e. The van der Waals surface area contributed by atoms with Crippen LogP contribution < -0.4 is 16.8 Å². The Morgan fingerprint density at radius 3 is 2.47 bits per heavy atom. The van der Waals surface area contributed by atoms with E-state index in [9.17, 15) is 9.59 Å². The van der Waals surface area contributed by atoms with Crippen LogP contribution in [0.4, 0.5) is 5.69 Å². The van der Waals surface area contributed by atoms with Crippen molar-refractivity contribution in [3.8, 4) is 0 Å². The fourth-order valence-electron chi connectivity index (χ4n) is 2.62. The summed E-state index contributed by atoms with van der Waals surface area (Å²) in [5.74, 6) is -0.178. The normalized spacial score (nSPS) is 22.2. The maximum Gasteiger partial charge on any atom is 0.248 e. The highest BCUT2D eigenvalue weighted by Gasteiger charge is 2.31. The Morgan fingerprint density at radius 1 is 1.21 bits per heavy atom.